The molecule has 0 aliphatic carbocycles. The molecule has 0 amide bonds. The monoisotopic (exact) mass is 156 g/mol. The zero-order chi connectivity index (χ0) is 7.94. The standard InChI is InChI=1S/C7H16N4/c8-7-10-3-6-11-4-1-9-2-5-11/h7,9H,1-6H2,(H2,8,10). The van der Waals surface area contributed by atoms with Crippen LogP contribution in [0.1, 0.15) is 0 Å². The molecule has 0 aromatic rings. The average Bonchev–Trinajstić information content (AvgIpc) is 2.07. The van der Waals surface area contributed by atoms with Crippen molar-refractivity contribution in [1.82, 2.24) is 10.2 Å². The van der Waals surface area contributed by atoms with E-state index in [0.717, 1.165) is 39.3 Å². The van der Waals surface area contributed by atoms with Crippen molar-refractivity contribution in [1.29, 1.82) is 0 Å². The Kier molecular flexibility index (Phi) is 3.93. The van der Waals surface area contributed by atoms with Crippen molar-refractivity contribution in [2.45, 2.75) is 0 Å². The van der Waals surface area contributed by atoms with Crippen LogP contribution in [0.3, 0.4) is 0 Å². The van der Waals surface area contributed by atoms with Gasteiger partial charge in [0.15, 0.2) is 0 Å². The van der Waals surface area contributed by atoms with Gasteiger partial charge in [-0.15, -0.1) is 0 Å². The Morgan fingerprint density at radius 2 is 2.18 bits per heavy atom. The first kappa shape index (κ1) is 8.49. The van der Waals surface area contributed by atoms with Gasteiger partial charge in [0.1, 0.15) is 0 Å². The van der Waals surface area contributed by atoms with Crippen molar-refractivity contribution in [2.24, 2.45) is 10.7 Å². The van der Waals surface area contributed by atoms with Crippen LogP contribution in [0.5, 0.6) is 0 Å². The number of hydrogen-bond donors (Lipinski definition) is 2. The van der Waals surface area contributed by atoms with E-state index in [1.165, 1.54) is 6.34 Å². The molecule has 0 bridgehead atoms. The first-order chi connectivity index (χ1) is 5.43. The molecule has 4 nitrogen and oxygen atoms in total. The summed E-state index contributed by atoms with van der Waals surface area (Å²) in [5.41, 5.74) is 5.12. The van der Waals surface area contributed by atoms with Gasteiger partial charge in [0.25, 0.3) is 0 Å². The van der Waals surface area contributed by atoms with E-state index >= 15 is 0 Å². The van der Waals surface area contributed by atoms with Gasteiger partial charge in [-0.3, -0.25) is 9.89 Å². The molecule has 1 heterocycles. The van der Waals surface area contributed by atoms with Gasteiger partial charge in [0.2, 0.25) is 0 Å². The third kappa shape index (κ3) is 3.34. The molecule has 11 heavy (non-hydrogen) atoms. The predicted octanol–water partition coefficient (Wildman–Crippen LogP) is -1.12. The highest BCUT2D eigenvalue weighted by molar-refractivity contribution is 5.50. The molecule has 0 aromatic heterocycles. The zero-order valence-corrected chi connectivity index (χ0v) is 6.79. The molecule has 0 radical (unpaired) electrons. The molecule has 1 aliphatic heterocycles. The summed E-state index contributed by atoms with van der Waals surface area (Å²) in [6.07, 6.45) is 1.38. The third-order valence-corrected chi connectivity index (χ3v) is 1.86. The Labute approximate surface area is 67.5 Å². The Hall–Kier alpha value is -0.610. The van der Waals surface area contributed by atoms with Crippen LogP contribution in [0.15, 0.2) is 4.99 Å². The Morgan fingerprint density at radius 1 is 1.45 bits per heavy atom. The molecule has 4 heteroatoms. The van der Waals surface area contributed by atoms with E-state index in [-0.39, 0.29) is 0 Å². The van der Waals surface area contributed by atoms with E-state index in [1.54, 1.807) is 0 Å². The minimum Gasteiger partial charge on any atom is -0.390 e. The van der Waals surface area contributed by atoms with Crippen LogP contribution in [0.4, 0.5) is 0 Å². The highest BCUT2D eigenvalue weighted by Crippen LogP contribution is 1.90. The zero-order valence-electron chi connectivity index (χ0n) is 6.79. The molecule has 3 N–H and O–H groups in total. The fourth-order valence-corrected chi connectivity index (χ4v) is 1.21. The quantitative estimate of drug-likeness (QED) is 0.402. The van der Waals surface area contributed by atoms with Gasteiger partial charge in [-0.2, -0.15) is 0 Å². The first-order valence-electron chi connectivity index (χ1n) is 4.06. The number of nitrogens with zero attached hydrogens (tertiary/aromatic N) is 2. The molecule has 0 unspecified atom stereocenters. The molecular formula is C7H16N4. The van der Waals surface area contributed by atoms with Crippen LogP contribution in [0.25, 0.3) is 0 Å². The molecule has 0 aromatic carbocycles. The molecule has 0 atom stereocenters. The number of hydrogen-bond acceptors (Lipinski definition) is 3. The molecule has 1 rings (SSSR count). The lowest BCUT2D eigenvalue weighted by Gasteiger charge is -2.26. The SMILES string of the molecule is NC=NCCN1CCNCC1. The van der Waals surface area contributed by atoms with Crippen molar-refractivity contribution in [3.63, 3.8) is 0 Å². The van der Waals surface area contributed by atoms with Gasteiger partial charge in [-0.05, 0) is 0 Å². The Morgan fingerprint density at radius 3 is 2.82 bits per heavy atom. The van der Waals surface area contributed by atoms with Gasteiger partial charge < -0.3 is 11.1 Å². The summed E-state index contributed by atoms with van der Waals surface area (Å²) >= 11 is 0. The first-order valence-corrected chi connectivity index (χ1v) is 4.06. The molecule has 0 spiro atoms. The summed E-state index contributed by atoms with van der Waals surface area (Å²) in [5.74, 6) is 0. The van der Waals surface area contributed by atoms with E-state index in [9.17, 15) is 0 Å². The molecule has 0 saturated carbocycles. The molecule has 1 aliphatic rings. The summed E-state index contributed by atoms with van der Waals surface area (Å²) < 4.78 is 0. The highest BCUT2D eigenvalue weighted by atomic mass is 15.2. The van der Waals surface area contributed by atoms with Crippen LogP contribution in [0.2, 0.25) is 0 Å². The van der Waals surface area contributed by atoms with Crippen molar-refractivity contribution in [3.05, 3.63) is 0 Å². The van der Waals surface area contributed by atoms with E-state index < -0.39 is 0 Å². The molecule has 1 saturated heterocycles. The van der Waals surface area contributed by atoms with Crippen LogP contribution >= 0.6 is 0 Å². The average molecular weight is 156 g/mol. The third-order valence-electron chi connectivity index (χ3n) is 1.86. The number of nitrogens with one attached hydrogen (secondary N) is 1. The largest absolute Gasteiger partial charge is 0.390 e. The minimum absolute atomic E-state index is 0.830. The Balaban J connectivity index is 2.04. The van der Waals surface area contributed by atoms with E-state index in [4.69, 9.17) is 5.73 Å². The van der Waals surface area contributed by atoms with E-state index in [2.05, 4.69) is 15.2 Å². The Bertz CT molecular complexity index is 118. The van der Waals surface area contributed by atoms with E-state index in [0.29, 0.717) is 0 Å². The van der Waals surface area contributed by atoms with Gasteiger partial charge in [0.05, 0.1) is 12.9 Å². The summed E-state index contributed by atoms with van der Waals surface area (Å²) in [5, 5.41) is 3.30. The predicted molar refractivity (Wildman–Crippen MR) is 46.9 cm³/mol. The number of piperazine rings is 1. The van der Waals surface area contributed by atoms with Crippen molar-refractivity contribution in [2.75, 3.05) is 39.3 Å². The highest BCUT2D eigenvalue weighted by Gasteiger charge is 2.07. The maximum atomic E-state index is 5.12. The summed E-state index contributed by atoms with van der Waals surface area (Å²) in [6, 6.07) is 0. The van der Waals surface area contributed by atoms with Crippen molar-refractivity contribution in [3.8, 4) is 0 Å². The summed E-state index contributed by atoms with van der Waals surface area (Å²) in [6.45, 7) is 6.35. The smallest absolute Gasteiger partial charge is 0.0798 e. The van der Waals surface area contributed by atoms with Gasteiger partial charge in [-0.25, -0.2) is 0 Å². The molecule has 64 valence electrons. The van der Waals surface area contributed by atoms with E-state index in [1.807, 2.05) is 0 Å². The van der Waals surface area contributed by atoms with Gasteiger partial charge in [0, 0.05) is 32.7 Å². The van der Waals surface area contributed by atoms with Crippen LogP contribution in [-0.2, 0) is 0 Å². The number of aliphatic imine (C=N–C) groups is 1. The molecular weight excluding hydrogens is 140 g/mol. The fourth-order valence-electron chi connectivity index (χ4n) is 1.21. The second-order valence-electron chi connectivity index (χ2n) is 2.65. The summed E-state index contributed by atoms with van der Waals surface area (Å²) in [4.78, 5) is 6.35. The fraction of sp³-hybridized carbons (Fsp3) is 0.857. The molecule has 1 fully saturated rings. The maximum absolute atomic E-state index is 5.12. The lowest BCUT2D eigenvalue weighted by molar-refractivity contribution is 0.248. The number of rotatable bonds is 3. The van der Waals surface area contributed by atoms with Gasteiger partial charge >= 0.3 is 0 Å². The van der Waals surface area contributed by atoms with Crippen molar-refractivity contribution < 1.29 is 0 Å². The normalized spacial score (nSPS) is 21.1. The lowest BCUT2D eigenvalue weighted by Crippen LogP contribution is -2.44. The van der Waals surface area contributed by atoms with Gasteiger partial charge in [-0.1, -0.05) is 0 Å². The minimum atomic E-state index is 0.830. The van der Waals surface area contributed by atoms with Crippen LogP contribution < -0.4 is 11.1 Å². The van der Waals surface area contributed by atoms with Crippen LogP contribution in [0, 0.1) is 0 Å². The number of nitrogens with two attached hydrogens (primary N) is 1. The lowest BCUT2D eigenvalue weighted by atomic mass is 10.3. The topological polar surface area (TPSA) is 53.6 Å². The second kappa shape index (κ2) is 5.09. The summed E-state index contributed by atoms with van der Waals surface area (Å²) in [7, 11) is 0. The second-order valence-corrected chi connectivity index (χ2v) is 2.65. The maximum Gasteiger partial charge on any atom is 0.0798 e. The van der Waals surface area contributed by atoms with Crippen LogP contribution in [-0.4, -0.2) is 50.5 Å². The van der Waals surface area contributed by atoms with Crippen molar-refractivity contribution >= 4 is 6.34 Å².